The van der Waals surface area contributed by atoms with E-state index >= 15 is 0 Å². The van der Waals surface area contributed by atoms with Crippen molar-refractivity contribution in [2.75, 3.05) is 26.8 Å². The normalized spacial score (nSPS) is 15.0. The summed E-state index contributed by atoms with van der Waals surface area (Å²) in [6, 6.07) is 11.0. The molecule has 2 amide bonds. The second-order valence-electron chi connectivity index (χ2n) is 8.56. The van der Waals surface area contributed by atoms with E-state index < -0.39 is 11.6 Å². The van der Waals surface area contributed by atoms with Crippen LogP contribution in [0.1, 0.15) is 57.2 Å². The van der Waals surface area contributed by atoms with Crippen LogP contribution in [0.2, 0.25) is 0 Å². The highest BCUT2D eigenvalue weighted by molar-refractivity contribution is 6.08. The molecule has 0 bridgehead atoms. The molecular formula is C26H32N2O5. The molecule has 0 spiro atoms. The molecule has 1 fully saturated rings. The molecule has 1 heterocycles. The molecule has 7 nitrogen and oxygen atoms in total. The van der Waals surface area contributed by atoms with Crippen LogP contribution < -0.4 is 10.1 Å². The number of methoxy groups -OCH3 is 1. The summed E-state index contributed by atoms with van der Waals surface area (Å²) in [6.07, 6.45) is 0.193. The van der Waals surface area contributed by atoms with Crippen LogP contribution in [-0.4, -0.2) is 55.0 Å². The maximum absolute atomic E-state index is 13.8. The van der Waals surface area contributed by atoms with Gasteiger partial charge >= 0.3 is 6.09 Å². The van der Waals surface area contributed by atoms with Gasteiger partial charge in [-0.05, 0) is 64.8 Å². The number of carbonyl (C=O) groups excluding carboxylic acids is 3. The van der Waals surface area contributed by atoms with E-state index in [9.17, 15) is 14.4 Å². The monoisotopic (exact) mass is 452 g/mol. The summed E-state index contributed by atoms with van der Waals surface area (Å²) in [4.78, 5) is 41.0. The first kappa shape index (κ1) is 24.3. The standard InChI is InChI=1S/C26H32N2O5/c1-6-33-25(31)28-12-10-26(11-13-28,23(29)20-15-17(2)14-18(3)16-20)27-24(30)21-8-7-9-22(32-5)19(21)4/h7-9,14-16H,6,10-13H2,1-5H3,(H,27,30). The molecule has 33 heavy (non-hydrogen) atoms. The smallest absolute Gasteiger partial charge is 0.409 e. The van der Waals surface area contributed by atoms with Crippen molar-refractivity contribution in [3.05, 3.63) is 64.2 Å². The average molecular weight is 453 g/mol. The molecule has 2 aromatic carbocycles. The Morgan fingerprint density at radius 2 is 1.67 bits per heavy atom. The Labute approximate surface area is 195 Å². The first-order valence-electron chi connectivity index (χ1n) is 11.2. The molecular weight excluding hydrogens is 420 g/mol. The molecule has 0 aliphatic carbocycles. The lowest BCUT2D eigenvalue weighted by Gasteiger charge is -2.41. The predicted octanol–water partition coefficient (Wildman–Crippen LogP) is 4.22. The van der Waals surface area contributed by atoms with Crippen molar-refractivity contribution in [3.63, 3.8) is 0 Å². The molecule has 7 heteroatoms. The van der Waals surface area contributed by atoms with E-state index in [0.29, 0.717) is 48.4 Å². The summed E-state index contributed by atoms with van der Waals surface area (Å²) < 4.78 is 10.5. The highest BCUT2D eigenvalue weighted by Crippen LogP contribution is 2.30. The van der Waals surface area contributed by atoms with E-state index in [0.717, 1.165) is 11.1 Å². The van der Waals surface area contributed by atoms with Crippen LogP contribution in [0.15, 0.2) is 36.4 Å². The topological polar surface area (TPSA) is 84.9 Å². The van der Waals surface area contributed by atoms with E-state index in [4.69, 9.17) is 9.47 Å². The molecule has 1 N–H and O–H groups in total. The number of nitrogens with zero attached hydrogens (tertiary/aromatic N) is 1. The van der Waals surface area contributed by atoms with E-state index in [2.05, 4.69) is 5.32 Å². The Kier molecular flexibility index (Phi) is 7.41. The Balaban J connectivity index is 1.95. The van der Waals surface area contributed by atoms with Gasteiger partial charge in [0.25, 0.3) is 5.91 Å². The lowest BCUT2D eigenvalue weighted by atomic mass is 9.79. The number of likely N-dealkylation sites (tertiary alicyclic amines) is 1. The van der Waals surface area contributed by atoms with Gasteiger partial charge in [0.1, 0.15) is 11.3 Å². The maximum atomic E-state index is 13.8. The SMILES string of the molecule is CCOC(=O)N1CCC(NC(=O)c2cccc(OC)c2C)(C(=O)c2cc(C)cc(C)c2)CC1. The molecule has 1 aliphatic rings. The summed E-state index contributed by atoms with van der Waals surface area (Å²) in [5.41, 5.74) is 2.54. The number of hydrogen-bond acceptors (Lipinski definition) is 5. The van der Waals surface area contributed by atoms with Crippen LogP contribution in [0.25, 0.3) is 0 Å². The van der Waals surface area contributed by atoms with Gasteiger partial charge in [0, 0.05) is 29.8 Å². The van der Waals surface area contributed by atoms with E-state index in [1.54, 1.807) is 37.1 Å². The Morgan fingerprint density at radius 1 is 1.03 bits per heavy atom. The maximum Gasteiger partial charge on any atom is 0.409 e. The van der Waals surface area contributed by atoms with Crippen LogP contribution in [0, 0.1) is 20.8 Å². The van der Waals surface area contributed by atoms with Gasteiger partial charge in [-0.3, -0.25) is 9.59 Å². The van der Waals surface area contributed by atoms with Crippen molar-refractivity contribution in [2.24, 2.45) is 0 Å². The van der Waals surface area contributed by atoms with Gasteiger partial charge in [0.05, 0.1) is 13.7 Å². The van der Waals surface area contributed by atoms with Crippen molar-refractivity contribution in [2.45, 2.75) is 46.1 Å². The molecule has 0 unspecified atom stereocenters. The number of benzene rings is 2. The van der Waals surface area contributed by atoms with E-state index in [1.165, 1.54) is 0 Å². The van der Waals surface area contributed by atoms with Gasteiger partial charge in [-0.15, -0.1) is 0 Å². The minimum atomic E-state index is -1.13. The molecule has 0 saturated carbocycles. The zero-order chi connectivity index (χ0) is 24.2. The second kappa shape index (κ2) is 10.1. The molecule has 2 aromatic rings. The lowest BCUT2D eigenvalue weighted by molar-refractivity contribution is 0.0583. The Hall–Kier alpha value is -3.35. The zero-order valence-electron chi connectivity index (χ0n) is 20.0. The number of nitrogens with one attached hydrogen (secondary N) is 1. The number of aryl methyl sites for hydroxylation is 2. The van der Waals surface area contributed by atoms with Gasteiger partial charge in [-0.25, -0.2) is 4.79 Å². The van der Waals surface area contributed by atoms with Gasteiger partial charge in [-0.1, -0.05) is 23.3 Å². The number of amides is 2. The summed E-state index contributed by atoms with van der Waals surface area (Å²) in [5.74, 6) is 0.120. The number of hydrogen-bond donors (Lipinski definition) is 1. The van der Waals surface area contributed by atoms with Gasteiger partial charge in [0.15, 0.2) is 5.78 Å². The minimum Gasteiger partial charge on any atom is -0.496 e. The number of piperidine rings is 1. The third-order valence-corrected chi connectivity index (χ3v) is 6.16. The fourth-order valence-corrected chi connectivity index (χ4v) is 4.44. The largest absolute Gasteiger partial charge is 0.496 e. The summed E-state index contributed by atoms with van der Waals surface area (Å²) >= 11 is 0. The van der Waals surface area contributed by atoms with Gasteiger partial charge < -0.3 is 19.7 Å². The average Bonchev–Trinajstić information content (AvgIpc) is 2.78. The molecule has 0 aromatic heterocycles. The summed E-state index contributed by atoms with van der Waals surface area (Å²) in [7, 11) is 1.56. The number of ether oxygens (including phenoxy) is 2. The lowest BCUT2D eigenvalue weighted by Crippen LogP contribution is -2.60. The third kappa shape index (κ3) is 5.18. The number of rotatable bonds is 6. The van der Waals surface area contributed by atoms with E-state index in [-0.39, 0.29) is 18.3 Å². The second-order valence-corrected chi connectivity index (χ2v) is 8.56. The zero-order valence-corrected chi connectivity index (χ0v) is 20.0. The highest BCUT2D eigenvalue weighted by Gasteiger charge is 2.44. The molecule has 3 rings (SSSR count). The molecule has 176 valence electrons. The van der Waals surface area contributed by atoms with Crippen molar-refractivity contribution >= 4 is 17.8 Å². The van der Waals surface area contributed by atoms with Crippen molar-refractivity contribution < 1.29 is 23.9 Å². The Bertz CT molecular complexity index is 1030. The van der Waals surface area contributed by atoms with E-state index in [1.807, 2.05) is 39.0 Å². The van der Waals surface area contributed by atoms with Gasteiger partial charge in [0.2, 0.25) is 0 Å². The van der Waals surface area contributed by atoms with Crippen molar-refractivity contribution in [1.29, 1.82) is 0 Å². The summed E-state index contributed by atoms with van der Waals surface area (Å²) in [5, 5.41) is 3.05. The molecule has 0 atom stereocenters. The first-order valence-corrected chi connectivity index (χ1v) is 11.2. The number of carbonyl (C=O) groups is 3. The fraction of sp³-hybridized carbons (Fsp3) is 0.423. The van der Waals surface area contributed by atoms with Crippen molar-refractivity contribution in [1.82, 2.24) is 10.2 Å². The van der Waals surface area contributed by atoms with Crippen LogP contribution in [0.5, 0.6) is 5.75 Å². The van der Waals surface area contributed by atoms with Crippen molar-refractivity contribution in [3.8, 4) is 5.75 Å². The minimum absolute atomic E-state index is 0.147. The van der Waals surface area contributed by atoms with Gasteiger partial charge in [-0.2, -0.15) is 0 Å². The third-order valence-electron chi connectivity index (χ3n) is 6.16. The van der Waals surface area contributed by atoms with Crippen LogP contribution in [0.3, 0.4) is 0 Å². The molecule has 0 radical (unpaired) electrons. The predicted molar refractivity (Wildman–Crippen MR) is 126 cm³/mol. The number of Topliss-reactive ketones (excluding diaryl/α,β-unsaturated/α-hetero) is 1. The highest BCUT2D eigenvalue weighted by atomic mass is 16.6. The quantitative estimate of drug-likeness (QED) is 0.663. The summed E-state index contributed by atoms with van der Waals surface area (Å²) in [6.45, 7) is 8.37. The van der Waals surface area contributed by atoms with Crippen LogP contribution in [-0.2, 0) is 4.74 Å². The fourth-order valence-electron chi connectivity index (χ4n) is 4.44. The molecule has 1 saturated heterocycles. The number of ketones is 1. The van der Waals surface area contributed by atoms with Crippen LogP contribution >= 0.6 is 0 Å². The van der Waals surface area contributed by atoms with Crippen LogP contribution in [0.4, 0.5) is 4.79 Å². The molecule has 1 aliphatic heterocycles. The Morgan fingerprint density at radius 3 is 2.24 bits per heavy atom. The first-order chi connectivity index (χ1) is 15.7.